The summed E-state index contributed by atoms with van der Waals surface area (Å²) >= 11 is 0. The summed E-state index contributed by atoms with van der Waals surface area (Å²) in [5, 5.41) is 0. The van der Waals surface area contributed by atoms with Crippen LogP contribution in [-0.4, -0.2) is 19.8 Å². The molecule has 0 saturated heterocycles. The van der Waals surface area contributed by atoms with Crippen molar-refractivity contribution in [3.8, 4) is 0 Å². The number of rotatable bonds is 4. The second-order valence-corrected chi connectivity index (χ2v) is 7.62. The van der Waals surface area contributed by atoms with Crippen LogP contribution in [0.4, 0.5) is 13.2 Å². The highest BCUT2D eigenvalue weighted by molar-refractivity contribution is 7.90. The Hall–Kier alpha value is -2.35. The summed E-state index contributed by atoms with van der Waals surface area (Å²) in [5.41, 5.74) is -4.27. The standard InChI is InChI=1S/C17H16F3NO3S/c1-16(2,13-6-4-3-5-7-13)14-10-8-12(9-11-14)15(22)21-25(23,24)17(18,19)20/h3-11H,1-2H3,(H,21,22). The van der Waals surface area contributed by atoms with Gasteiger partial charge >= 0.3 is 15.5 Å². The molecule has 0 aliphatic heterocycles. The number of benzene rings is 2. The average Bonchev–Trinajstić information content (AvgIpc) is 2.54. The first-order chi connectivity index (χ1) is 11.4. The van der Waals surface area contributed by atoms with Crippen LogP contribution in [0.1, 0.15) is 35.3 Å². The third kappa shape index (κ3) is 4.01. The van der Waals surface area contributed by atoms with E-state index in [-0.39, 0.29) is 5.56 Å². The van der Waals surface area contributed by atoms with Gasteiger partial charge in [-0.25, -0.2) is 4.72 Å². The molecule has 2 aromatic rings. The van der Waals surface area contributed by atoms with Gasteiger partial charge in [-0.05, 0) is 23.3 Å². The van der Waals surface area contributed by atoms with Crippen molar-refractivity contribution in [2.24, 2.45) is 0 Å². The molecule has 0 aromatic heterocycles. The number of sulfonamides is 1. The fraction of sp³-hybridized carbons (Fsp3) is 0.235. The predicted molar refractivity (Wildman–Crippen MR) is 87.5 cm³/mol. The monoisotopic (exact) mass is 371 g/mol. The fourth-order valence-electron chi connectivity index (χ4n) is 2.30. The number of nitrogens with one attached hydrogen (secondary N) is 1. The quantitative estimate of drug-likeness (QED) is 0.893. The summed E-state index contributed by atoms with van der Waals surface area (Å²) in [6.45, 7) is 3.93. The van der Waals surface area contributed by atoms with Crippen LogP contribution in [0.25, 0.3) is 0 Å². The van der Waals surface area contributed by atoms with Crippen molar-refractivity contribution in [3.05, 3.63) is 71.3 Å². The van der Waals surface area contributed by atoms with Gasteiger partial charge in [0.15, 0.2) is 0 Å². The lowest BCUT2D eigenvalue weighted by atomic mass is 9.78. The topological polar surface area (TPSA) is 63.2 Å². The van der Waals surface area contributed by atoms with E-state index in [2.05, 4.69) is 0 Å². The molecule has 0 atom stereocenters. The number of hydrogen-bond acceptors (Lipinski definition) is 3. The van der Waals surface area contributed by atoms with Crippen molar-refractivity contribution in [2.45, 2.75) is 24.8 Å². The van der Waals surface area contributed by atoms with Crippen LogP contribution in [0.15, 0.2) is 54.6 Å². The summed E-state index contributed by atoms with van der Waals surface area (Å²) in [5.74, 6) is -1.33. The lowest BCUT2D eigenvalue weighted by molar-refractivity contribution is -0.0446. The van der Waals surface area contributed by atoms with E-state index in [1.807, 2.05) is 44.2 Å². The average molecular weight is 371 g/mol. The first-order valence-corrected chi connectivity index (χ1v) is 8.73. The number of carbonyl (C=O) groups excluding carboxylic acids is 1. The van der Waals surface area contributed by atoms with Gasteiger partial charge in [-0.1, -0.05) is 56.3 Å². The lowest BCUT2D eigenvalue weighted by Crippen LogP contribution is -2.40. The highest BCUT2D eigenvalue weighted by atomic mass is 32.2. The SMILES string of the molecule is CC(C)(c1ccccc1)c1ccc(C(=O)NS(=O)(=O)C(F)(F)F)cc1. The van der Waals surface area contributed by atoms with Crippen LogP contribution in [0.3, 0.4) is 0 Å². The van der Waals surface area contributed by atoms with Crippen LogP contribution >= 0.6 is 0 Å². The largest absolute Gasteiger partial charge is 0.516 e. The van der Waals surface area contributed by atoms with Gasteiger partial charge in [-0.3, -0.25) is 4.79 Å². The Morgan fingerprint density at radius 1 is 0.880 bits per heavy atom. The molecule has 134 valence electrons. The maximum absolute atomic E-state index is 12.3. The van der Waals surface area contributed by atoms with E-state index in [1.165, 1.54) is 12.1 Å². The maximum atomic E-state index is 12.3. The van der Waals surface area contributed by atoms with Gasteiger partial charge < -0.3 is 0 Å². The van der Waals surface area contributed by atoms with Crippen LogP contribution in [0.2, 0.25) is 0 Å². The molecule has 0 bridgehead atoms. The molecule has 2 aromatic carbocycles. The minimum atomic E-state index is -5.73. The van der Waals surface area contributed by atoms with E-state index in [0.29, 0.717) is 0 Å². The molecule has 0 saturated carbocycles. The molecule has 0 aliphatic carbocycles. The van der Waals surface area contributed by atoms with Crippen LogP contribution in [-0.2, 0) is 15.4 Å². The third-order valence-corrected chi connectivity index (χ3v) is 4.96. The first kappa shape index (κ1) is 19.0. The summed E-state index contributed by atoms with van der Waals surface area (Å²) in [6, 6.07) is 15.3. The maximum Gasteiger partial charge on any atom is 0.516 e. The molecule has 4 nitrogen and oxygen atoms in total. The smallest absolute Gasteiger partial charge is 0.268 e. The Morgan fingerprint density at radius 3 is 1.84 bits per heavy atom. The molecular weight excluding hydrogens is 355 g/mol. The number of carbonyl (C=O) groups is 1. The fourth-order valence-corrected chi connectivity index (χ4v) is 2.78. The van der Waals surface area contributed by atoms with Gasteiger partial charge in [0, 0.05) is 11.0 Å². The predicted octanol–water partition coefficient (Wildman–Crippen LogP) is 3.59. The van der Waals surface area contributed by atoms with Gasteiger partial charge in [0.25, 0.3) is 5.91 Å². The van der Waals surface area contributed by atoms with Crippen molar-refractivity contribution in [3.63, 3.8) is 0 Å². The zero-order valence-corrected chi connectivity index (χ0v) is 14.3. The van der Waals surface area contributed by atoms with Gasteiger partial charge in [-0.2, -0.15) is 21.6 Å². The van der Waals surface area contributed by atoms with Gasteiger partial charge in [0.2, 0.25) is 0 Å². The minimum Gasteiger partial charge on any atom is -0.268 e. The molecule has 25 heavy (non-hydrogen) atoms. The lowest BCUT2D eigenvalue weighted by Gasteiger charge is -2.26. The molecule has 0 radical (unpaired) electrons. The molecule has 0 spiro atoms. The van der Waals surface area contributed by atoms with E-state index in [1.54, 1.807) is 12.1 Å². The Balaban J connectivity index is 2.24. The van der Waals surface area contributed by atoms with E-state index in [4.69, 9.17) is 0 Å². The minimum absolute atomic E-state index is 0.180. The van der Waals surface area contributed by atoms with E-state index in [0.717, 1.165) is 15.8 Å². The Labute approximate surface area is 143 Å². The Kier molecular flexibility index (Phi) is 4.94. The van der Waals surface area contributed by atoms with Crippen molar-refractivity contribution in [1.82, 2.24) is 4.72 Å². The highest BCUT2D eigenvalue weighted by Crippen LogP contribution is 2.31. The van der Waals surface area contributed by atoms with Crippen LogP contribution in [0, 0.1) is 0 Å². The van der Waals surface area contributed by atoms with Crippen molar-refractivity contribution >= 4 is 15.9 Å². The zero-order chi connectivity index (χ0) is 18.9. The van der Waals surface area contributed by atoms with Crippen molar-refractivity contribution in [1.29, 1.82) is 0 Å². The van der Waals surface area contributed by atoms with Crippen molar-refractivity contribution in [2.75, 3.05) is 0 Å². The molecule has 0 unspecified atom stereocenters. The Bertz CT molecular complexity index is 858. The molecule has 1 amide bonds. The normalized spacial score (nSPS) is 12.7. The van der Waals surface area contributed by atoms with E-state index in [9.17, 15) is 26.4 Å². The first-order valence-electron chi connectivity index (χ1n) is 7.24. The molecule has 0 aliphatic rings. The molecule has 2 rings (SSSR count). The second-order valence-electron chi connectivity index (χ2n) is 5.95. The number of halogens is 3. The van der Waals surface area contributed by atoms with Crippen LogP contribution < -0.4 is 4.72 Å². The molecule has 0 heterocycles. The Morgan fingerprint density at radius 2 is 1.36 bits per heavy atom. The number of amides is 1. The number of hydrogen-bond donors (Lipinski definition) is 1. The van der Waals surface area contributed by atoms with E-state index < -0.39 is 26.9 Å². The highest BCUT2D eigenvalue weighted by Gasteiger charge is 2.47. The second kappa shape index (κ2) is 6.51. The molecule has 8 heteroatoms. The molecule has 0 fully saturated rings. The summed E-state index contributed by atoms with van der Waals surface area (Å²) < 4.78 is 59.9. The summed E-state index contributed by atoms with van der Waals surface area (Å²) in [4.78, 5) is 11.7. The van der Waals surface area contributed by atoms with E-state index >= 15 is 0 Å². The summed E-state index contributed by atoms with van der Waals surface area (Å²) in [6.07, 6.45) is 0. The van der Waals surface area contributed by atoms with Crippen molar-refractivity contribution < 1.29 is 26.4 Å². The number of alkyl halides is 3. The van der Waals surface area contributed by atoms with Gasteiger partial charge in [-0.15, -0.1) is 0 Å². The van der Waals surface area contributed by atoms with Crippen LogP contribution in [0.5, 0.6) is 0 Å². The molecule has 1 N–H and O–H groups in total. The zero-order valence-electron chi connectivity index (χ0n) is 13.5. The van der Waals surface area contributed by atoms with Gasteiger partial charge in [0.1, 0.15) is 0 Å². The van der Waals surface area contributed by atoms with Gasteiger partial charge in [0.05, 0.1) is 0 Å². The summed E-state index contributed by atoms with van der Waals surface area (Å²) in [7, 11) is -5.73. The molecular formula is C17H16F3NO3S. The third-order valence-electron chi connectivity index (χ3n) is 3.90.